The molecule has 0 N–H and O–H groups in total. The molecule has 0 aromatic heterocycles. The molecule has 0 spiro atoms. The average molecular weight is 379 g/mol. The van der Waals surface area contributed by atoms with Crippen molar-refractivity contribution in [1.29, 1.82) is 0 Å². The van der Waals surface area contributed by atoms with E-state index in [9.17, 15) is 14.4 Å². The molecule has 2 rings (SSSR count). The molecule has 0 aliphatic rings. The minimum absolute atomic E-state index is 0.277. The molecule has 2 aromatic rings. The minimum atomic E-state index is -0.992. The van der Waals surface area contributed by atoms with E-state index >= 15 is 0 Å². The van der Waals surface area contributed by atoms with Gasteiger partial charge in [-0.3, -0.25) is 9.59 Å². The first-order valence-electron chi connectivity index (χ1n) is 9.09. The van der Waals surface area contributed by atoms with E-state index in [0.717, 1.165) is 5.56 Å². The predicted octanol–water partition coefficient (Wildman–Crippen LogP) is 4.03. The molecule has 0 radical (unpaired) electrons. The fraction of sp³-hybridized carbons (Fsp3) is 0.261. The molecule has 0 atom stereocenters. The number of carbonyl (C=O) groups excluding carboxylic acids is 3. The molecule has 2 aromatic carbocycles. The molecular formula is C23H25NO4. The third-order valence-corrected chi connectivity index (χ3v) is 3.71. The van der Waals surface area contributed by atoms with Crippen molar-refractivity contribution in [2.75, 3.05) is 11.4 Å². The molecular weight excluding hydrogens is 354 g/mol. The van der Waals surface area contributed by atoms with Crippen LogP contribution in [0.25, 0.3) is 6.08 Å². The molecule has 0 fully saturated rings. The number of anilines is 1. The van der Waals surface area contributed by atoms with Crippen molar-refractivity contribution in [2.45, 2.75) is 32.8 Å². The Morgan fingerprint density at radius 2 is 1.50 bits per heavy atom. The zero-order chi connectivity index (χ0) is 20.6. The van der Waals surface area contributed by atoms with E-state index in [4.69, 9.17) is 4.74 Å². The number of esters is 1. The Kier molecular flexibility index (Phi) is 7.27. The first-order chi connectivity index (χ1) is 13.3. The van der Waals surface area contributed by atoms with E-state index in [1.54, 1.807) is 32.9 Å². The van der Waals surface area contributed by atoms with E-state index in [0.29, 0.717) is 5.69 Å². The van der Waals surface area contributed by atoms with Crippen LogP contribution in [-0.4, -0.2) is 29.8 Å². The summed E-state index contributed by atoms with van der Waals surface area (Å²) in [6.45, 7) is 5.29. The number of hydrogen-bond acceptors (Lipinski definition) is 4. The molecule has 0 bridgehead atoms. The third kappa shape index (κ3) is 6.83. The second kappa shape index (κ2) is 9.65. The largest absolute Gasteiger partial charge is 0.454 e. The highest BCUT2D eigenvalue weighted by atomic mass is 16.6. The summed E-state index contributed by atoms with van der Waals surface area (Å²) in [5.41, 5.74) is 0.878. The molecule has 0 aliphatic heterocycles. The summed E-state index contributed by atoms with van der Waals surface area (Å²) in [6, 6.07) is 18.7. The molecule has 1 amide bonds. The van der Waals surface area contributed by atoms with E-state index in [-0.39, 0.29) is 6.54 Å². The van der Waals surface area contributed by atoms with Gasteiger partial charge in [0.05, 0.1) is 6.42 Å². The quantitative estimate of drug-likeness (QED) is 0.414. The van der Waals surface area contributed by atoms with Gasteiger partial charge in [-0.05, 0) is 38.5 Å². The number of rotatable bonds is 7. The number of para-hydroxylation sites is 1. The lowest BCUT2D eigenvalue weighted by atomic mass is 10.1. The van der Waals surface area contributed by atoms with Gasteiger partial charge in [0, 0.05) is 12.2 Å². The number of ketones is 1. The highest BCUT2D eigenvalue weighted by molar-refractivity contribution is 6.37. The fourth-order valence-electron chi connectivity index (χ4n) is 2.46. The Morgan fingerprint density at radius 3 is 2.07 bits per heavy atom. The SMILES string of the molecule is CC(C)(C)OC(=O)C(=O)CC(=O)N(C/C=C/c1ccccc1)c1ccccc1. The Labute approximate surface area is 165 Å². The molecule has 0 heterocycles. The van der Waals surface area contributed by atoms with Gasteiger partial charge in [0.15, 0.2) is 0 Å². The van der Waals surface area contributed by atoms with E-state index < -0.39 is 29.7 Å². The Balaban J connectivity index is 2.10. The minimum Gasteiger partial charge on any atom is -0.454 e. The van der Waals surface area contributed by atoms with Gasteiger partial charge < -0.3 is 9.64 Å². The van der Waals surface area contributed by atoms with Crippen molar-refractivity contribution in [3.05, 3.63) is 72.3 Å². The number of hydrogen-bond donors (Lipinski definition) is 0. The van der Waals surface area contributed by atoms with E-state index in [2.05, 4.69) is 0 Å². The predicted molar refractivity (Wildman–Crippen MR) is 110 cm³/mol. The highest BCUT2D eigenvalue weighted by Gasteiger charge is 2.27. The van der Waals surface area contributed by atoms with Crippen LogP contribution >= 0.6 is 0 Å². The summed E-state index contributed by atoms with van der Waals surface area (Å²) in [7, 11) is 0. The summed E-state index contributed by atoms with van der Waals surface area (Å²) >= 11 is 0. The van der Waals surface area contributed by atoms with Crippen molar-refractivity contribution in [2.24, 2.45) is 0 Å². The van der Waals surface area contributed by atoms with Crippen LogP contribution in [0.2, 0.25) is 0 Å². The van der Waals surface area contributed by atoms with Crippen molar-refractivity contribution in [1.82, 2.24) is 0 Å². The molecule has 5 heteroatoms. The lowest BCUT2D eigenvalue weighted by molar-refractivity contribution is -0.163. The van der Waals surface area contributed by atoms with Crippen LogP contribution in [0.3, 0.4) is 0 Å². The molecule has 5 nitrogen and oxygen atoms in total. The fourth-order valence-corrected chi connectivity index (χ4v) is 2.46. The van der Waals surface area contributed by atoms with Crippen LogP contribution in [0.15, 0.2) is 66.7 Å². The molecule has 146 valence electrons. The Bertz CT molecular complexity index is 836. The van der Waals surface area contributed by atoms with Gasteiger partial charge in [-0.15, -0.1) is 0 Å². The van der Waals surface area contributed by atoms with Gasteiger partial charge in [0.25, 0.3) is 0 Å². The molecule has 0 saturated carbocycles. The molecule has 0 saturated heterocycles. The number of carbonyl (C=O) groups is 3. The maximum absolute atomic E-state index is 12.7. The lowest BCUT2D eigenvalue weighted by Gasteiger charge is -2.22. The summed E-state index contributed by atoms with van der Waals surface area (Å²) in [6.07, 6.45) is 3.21. The average Bonchev–Trinajstić information content (AvgIpc) is 2.65. The number of ether oxygens (including phenoxy) is 1. The van der Waals surface area contributed by atoms with Crippen LogP contribution < -0.4 is 4.90 Å². The first-order valence-corrected chi connectivity index (χ1v) is 9.09. The van der Waals surface area contributed by atoms with Crippen molar-refractivity contribution in [3.63, 3.8) is 0 Å². The maximum atomic E-state index is 12.7. The molecule has 0 aliphatic carbocycles. The standard InChI is InChI=1S/C23H25NO4/c1-23(2,3)28-22(27)20(25)17-21(26)24(19-14-8-5-9-15-19)16-10-13-18-11-6-4-7-12-18/h4-15H,16-17H2,1-3H3/b13-10+. The second-order valence-electron chi connectivity index (χ2n) is 7.25. The van der Waals surface area contributed by atoms with Crippen LogP contribution in [0, 0.1) is 0 Å². The van der Waals surface area contributed by atoms with Crippen LogP contribution in [0.4, 0.5) is 5.69 Å². The van der Waals surface area contributed by atoms with Gasteiger partial charge in [-0.1, -0.05) is 60.7 Å². The monoisotopic (exact) mass is 379 g/mol. The molecule has 28 heavy (non-hydrogen) atoms. The van der Waals surface area contributed by atoms with Gasteiger partial charge in [-0.25, -0.2) is 4.79 Å². The Morgan fingerprint density at radius 1 is 0.929 bits per heavy atom. The van der Waals surface area contributed by atoms with Crippen molar-refractivity contribution < 1.29 is 19.1 Å². The highest BCUT2D eigenvalue weighted by Crippen LogP contribution is 2.16. The number of Topliss-reactive ketones (excluding diaryl/α,β-unsaturated/α-hetero) is 1. The topological polar surface area (TPSA) is 63.7 Å². The second-order valence-corrected chi connectivity index (χ2v) is 7.25. The summed E-state index contributed by atoms with van der Waals surface area (Å²) < 4.78 is 5.05. The first kappa shape index (κ1) is 21.1. The van der Waals surface area contributed by atoms with Crippen LogP contribution in [-0.2, 0) is 19.1 Å². The summed E-state index contributed by atoms with van der Waals surface area (Å²) in [4.78, 5) is 38.2. The number of benzene rings is 2. The van der Waals surface area contributed by atoms with Crippen molar-refractivity contribution >= 4 is 29.4 Å². The number of amides is 1. The Hall–Kier alpha value is -3.21. The zero-order valence-electron chi connectivity index (χ0n) is 16.4. The summed E-state index contributed by atoms with van der Waals surface area (Å²) in [5, 5.41) is 0. The maximum Gasteiger partial charge on any atom is 0.375 e. The van der Waals surface area contributed by atoms with Crippen LogP contribution in [0.1, 0.15) is 32.8 Å². The number of nitrogens with zero attached hydrogens (tertiary/aromatic N) is 1. The smallest absolute Gasteiger partial charge is 0.375 e. The van der Waals surface area contributed by atoms with E-state index in [1.807, 2.05) is 60.7 Å². The van der Waals surface area contributed by atoms with Gasteiger partial charge in [-0.2, -0.15) is 0 Å². The van der Waals surface area contributed by atoms with Gasteiger partial charge >= 0.3 is 5.97 Å². The van der Waals surface area contributed by atoms with Crippen LogP contribution in [0.5, 0.6) is 0 Å². The lowest BCUT2D eigenvalue weighted by Crippen LogP contribution is -2.36. The summed E-state index contributed by atoms with van der Waals surface area (Å²) in [5.74, 6) is -2.30. The van der Waals surface area contributed by atoms with Gasteiger partial charge in [0.1, 0.15) is 5.60 Å². The van der Waals surface area contributed by atoms with Gasteiger partial charge in [0.2, 0.25) is 11.7 Å². The van der Waals surface area contributed by atoms with Crippen molar-refractivity contribution in [3.8, 4) is 0 Å². The normalized spacial score (nSPS) is 11.2. The van der Waals surface area contributed by atoms with E-state index in [1.165, 1.54) is 4.90 Å². The molecule has 0 unspecified atom stereocenters. The third-order valence-electron chi connectivity index (χ3n) is 3.71. The zero-order valence-corrected chi connectivity index (χ0v) is 16.4.